The number of nitrogens with one attached hydrogen (secondary N) is 1. The maximum Gasteiger partial charge on any atom is 0.490 e. The Balaban J connectivity index is 1.11. The number of phenols is 1. The number of halogens is 2. The number of benzene rings is 4. The van der Waals surface area contributed by atoms with E-state index in [9.17, 15) is 68.1 Å². The molecule has 0 spiro atoms. The number of hydrogen-bond acceptors (Lipinski definition) is 22. The average Bonchev–Trinajstić information content (AvgIpc) is 1.67. The number of rotatable bonds is 22. The highest BCUT2D eigenvalue weighted by Gasteiger charge is 2.45. The van der Waals surface area contributed by atoms with Crippen LogP contribution in [0.4, 0.5) is 5.69 Å². The highest BCUT2D eigenvalue weighted by atomic mass is 35.5. The minimum absolute atomic E-state index is 0.0190. The van der Waals surface area contributed by atoms with Gasteiger partial charge in [0.05, 0.1) is 67.9 Å². The Morgan fingerprint density at radius 1 is 1.00 bits per heavy atom. The number of fused-ring (bicyclic) bond motifs is 2. The standard InChI is InChI=1S/C50H50Cl2N3O25P3/c1-24-53-49(62)28(19-54(24)40-18-35(59)39(77-40)22-76-82(68,69)80-83(70,71)79-81(65,66)67)21-74-48(50(2,3)4)29-16-37(72-5)26(15-33(29)55(63)64)9-7-8-10-34(58)25-11-12-36(75-23-57)30(13-25)41-31-14-27(20-56)44(60)42(51)46(31)78-47-32(41)17-38(73-6)45(61)43(47)52/h11-17,19,23,35,39-40,48,56,59-60H,1,8,10,18,20-22H2,2-6H3,(H,53,62)(H,68,69)(H,70,71)(H2,65,66,67)/t35?,39-,40-,48-/m1/s1. The number of ether oxygens (including phenoxy) is 5. The summed E-state index contributed by atoms with van der Waals surface area (Å²) in [6.07, 6.45) is -4.48. The van der Waals surface area contributed by atoms with Gasteiger partial charge in [0.2, 0.25) is 5.43 Å². The summed E-state index contributed by atoms with van der Waals surface area (Å²) in [5, 5.41) is 46.3. The molecule has 1 aliphatic carbocycles. The Bertz CT molecular complexity index is 3740. The molecule has 8 N–H and O–H groups in total. The molecule has 1 saturated heterocycles. The Morgan fingerprint density at radius 2 is 1.70 bits per heavy atom. The molecule has 4 aliphatic rings. The molecule has 1 fully saturated rings. The smallest absolute Gasteiger partial charge is 0.490 e. The van der Waals surface area contributed by atoms with Gasteiger partial charge in [0.25, 0.3) is 18.1 Å². The number of aliphatic hydroxyl groups is 2. The van der Waals surface area contributed by atoms with Crippen molar-refractivity contribution >= 4 is 81.5 Å². The molecule has 0 saturated carbocycles. The lowest BCUT2D eigenvalue weighted by Gasteiger charge is -2.35. The largest absolute Gasteiger partial charge is 0.506 e. The summed E-state index contributed by atoms with van der Waals surface area (Å²) in [4.78, 5) is 102. The minimum Gasteiger partial charge on any atom is -0.506 e. The van der Waals surface area contributed by atoms with E-state index in [2.05, 4.69) is 36.9 Å². The maximum absolute atomic E-state index is 14.0. The van der Waals surface area contributed by atoms with Crippen LogP contribution in [0, 0.1) is 27.4 Å². The maximum atomic E-state index is 14.0. The summed E-state index contributed by atoms with van der Waals surface area (Å²) in [6, 6.07) is 9.29. The number of Topliss-reactive ketones (excluding diaryl/α,β-unsaturated/α-hetero) is 1. The van der Waals surface area contributed by atoms with Crippen LogP contribution in [0.15, 0.2) is 75.8 Å². The Labute approximate surface area is 479 Å². The lowest BCUT2D eigenvalue weighted by molar-refractivity contribution is -0.386. The molecule has 6 atom stereocenters. The van der Waals surface area contributed by atoms with Crippen LogP contribution in [0.2, 0.25) is 10.0 Å². The van der Waals surface area contributed by atoms with E-state index in [4.69, 9.17) is 61.1 Å². The van der Waals surface area contributed by atoms with Crippen molar-refractivity contribution in [1.82, 2.24) is 10.2 Å². The molecule has 3 unspecified atom stereocenters. The van der Waals surface area contributed by atoms with Crippen LogP contribution < -0.4 is 25.0 Å². The van der Waals surface area contributed by atoms with Gasteiger partial charge in [0.15, 0.2) is 22.9 Å². The third-order valence-corrected chi connectivity index (χ3v) is 17.0. The number of hydrogen-bond donors (Lipinski definition) is 8. The molecular formula is C50H50Cl2N3O25P3. The van der Waals surface area contributed by atoms with Gasteiger partial charge in [0.1, 0.15) is 45.4 Å². The van der Waals surface area contributed by atoms with Gasteiger partial charge in [-0.15, -0.1) is 0 Å². The lowest BCUT2D eigenvalue weighted by atomic mass is 9.83. The van der Waals surface area contributed by atoms with Gasteiger partial charge >= 0.3 is 23.5 Å². The van der Waals surface area contributed by atoms with Crippen molar-refractivity contribution in [2.24, 2.45) is 5.41 Å². The first-order valence-electron chi connectivity index (χ1n) is 24.0. The van der Waals surface area contributed by atoms with Crippen LogP contribution in [0.5, 0.6) is 23.0 Å². The second-order valence-electron chi connectivity index (χ2n) is 19.2. The highest BCUT2D eigenvalue weighted by molar-refractivity contribution is 7.66. The van der Waals surface area contributed by atoms with Crippen molar-refractivity contribution in [3.05, 3.63) is 119 Å². The number of phosphoric acid groups is 3. The first-order valence-corrected chi connectivity index (χ1v) is 29.2. The fourth-order valence-corrected chi connectivity index (χ4v) is 12.3. The van der Waals surface area contributed by atoms with E-state index in [1.54, 1.807) is 20.8 Å². The number of aromatic hydroxyl groups is 1. The van der Waals surface area contributed by atoms with Crippen LogP contribution in [0.25, 0.3) is 33.4 Å². The molecule has 3 heterocycles. The van der Waals surface area contributed by atoms with Crippen LogP contribution in [0.3, 0.4) is 0 Å². The SMILES string of the molecule is C=C1NC(=O)C(CO[C@H](c2cc(OC)c(C#CCCC(=O)c3ccc(OC=O)c(-c4c5cc(OC)c(=O)c(Cl)c-5oc5c(Cl)c(O)c(CO)cc45)c3)cc2[N+](=O)[O-])C(C)(C)C)=CN1[C@H]1CC(O)[C@@H](COP(=O)(O)OP(=O)(O)OP(=O)(O)O)O1. The number of carbonyl (C=O) groups is 3. The number of ketones is 1. The van der Waals surface area contributed by atoms with E-state index in [1.165, 1.54) is 61.7 Å². The van der Waals surface area contributed by atoms with Crippen LogP contribution in [0.1, 0.15) is 73.2 Å². The monoisotopic (exact) mass is 1260 g/mol. The molecule has 7 rings (SSSR count). The Kier molecular flexibility index (Phi) is 19.5. The summed E-state index contributed by atoms with van der Waals surface area (Å²) in [5.74, 6) is 3.50. The van der Waals surface area contributed by atoms with Gasteiger partial charge in [-0.3, -0.25) is 33.8 Å². The van der Waals surface area contributed by atoms with Crippen molar-refractivity contribution in [3.8, 4) is 57.3 Å². The Morgan fingerprint density at radius 3 is 2.33 bits per heavy atom. The number of nitro benzene ring substituents is 1. The zero-order valence-corrected chi connectivity index (χ0v) is 48.1. The van der Waals surface area contributed by atoms with Gasteiger partial charge < -0.3 is 73.2 Å². The van der Waals surface area contributed by atoms with Crippen LogP contribution in [-0.2, 0) is 52.5 Å². The topological polar surface area (TPSA) is 406 Å². The number of methoxy groups -OCH3 is 2. The number of nitrogens with zero attached hydrogens (tertiary/aromatic N) is 2. The van der Waals surface area contributed by atoms with E-state index >= 15 is 0 Å². The molecule has 444 valence electrons. The van der Waals surface area contributed by atoms with Crippen LogP contribution >= 0.6 is 46.7 Å². The normalized spacial score (nSPS) is 18.3. The zero-order valence-electron chi connectivity index (χ0n) is 43.9. The minimum atomic E-state index is -5.84. The van der Waals surface area contributed by atoms with Gasteiger partial charge in [0, 0.05) is 64.7 Å². The highest BCUT2D eigenvalue weighted by Crippen LogP contribution is 2.66. The van der Waals surface area contributed by atoms with E-state index < -0.39 is 112 Å². The molecule has 0 aromatic heterocycles. The summed E-state index contributed by atoms with van der Waals surface area (Å²) in [7, 11) is -14.5. The molecule has 0 bridgehead atoms. The quantitative estimate of drug-likeness (QED) is 0.00643. The Hall–Kier alpha value is -6.57. The van der Waals surface area contributed by atoms with E-state index in [0.717, 1.165) is 6.07 Å². The second kappa shape index (κ2) is 25.3. The lowest BCUT2D eigenvalue weighted by Crippen LogP contribution is -2.44. The van der Waals surface area contributed by atoms with E-state index in [-0.39, 0.29) is 115 Å². The molecule has 33 heteroatoms. The predicted octanol–water partition coefficient (Wildman–Crippen LogP) is 7.25. The molecule has 3 aliphatic heterocycles. The molecule has 0 radical (unpaired) electrons. The summed E-state index contributed by atoms with van der Waals surface area (Å²) < 4.78 is 81.3. The predicted molar refractivity (Wildman–Crippen MR) is 290 cm³/mol. The third-order valence-electron chi connectivity index (χ3n) is 12.5. The number of carbonyl (C=O) groups excluding carboxylic acids is 3. The number of nitro groups is 1. The number of phosphoric ester groups is 1. The van der Waals surface area contributed by atoms with E-state index in [0.29, 0.717) is 0 Å². The summed E-state index contributed by atoms with van der Waals surface area (Å²) in [6.45, 7) is 6.93. The number of amides is 1. The zero-order chi connectivity index (χ0) is 61.3. The van der Waals surface area contributed by atoms with Crippen molar-refractivity contribution in [2.45, 2.75) is 71.2 Å². The van der Waals surface area contributed by atoms with Gasteiger partial charge in [-0.05, 0) is 41.8 Å². The molecule has 3 aromatic carbocycles. The van der Waals surface area contributed by atoms with Gasteiger partial charge in [-0.25, -0.2) is 13.7 Å². The van der Waals surface area contributed by atoms with Crippen molar-refractivity contribution in [2.75, 3.05) is 27.4 Å². The van der Waals surface area contributed by atoms with E-state index in [1.807, 2.05) is 0 Å². The first-order chi connectivity index (χ1) is 38.8. The fourth-order valence-electron chi connectivity index (χ4n) is 8.82. The third kappa shape index (κ3) is 14.5. The van der Waals surface area contributed by atoms with Gasteiger partial charge in [-0.1, -0.05) is 62.4 Å². The molecule has 28 nitrogen and oxygen atoms in total. The second-order valence-corrected chi connectivity index (χ2v) is 24.3. The summed E-state index contributed by atoms with van der Waals surface area (Å²) >= 11 is 13.1. The van der Waals surface area contributed by atoms with Crippen LogP contribution in [-0.4, -0.2) is 109 Å². The molecular weight excluding hydrogens is 1210 g/mol. The fraction of sp³-hybridized carbons (Fsp3) is 0.320. The van der Waals surface area contributed by atoms with Crippen molar-refractivity contribution in [3.63, 3.8) is 0 Å². The van der Waals surface area contributed by atoms with Gasteiger partial charge in [-0.2, -0.15) is 8.62 Å². The molecule has 1 amide bonds. The van der Waals surface area contributed by atoms with Crippen molar-refractivity contribution in [1.29, 1.82) is 0 Å². The summed E-state index contributed by atoms with van der Waals surface area (Å²) in [5.41, 5.74) is -1.91. The molecule has 3 aromatic rings. The number of aliphatic hydroxyl groups excluding tert-OH is 2. The molecule has 83 heavy (non-hydrogen) atoms. The first kappa shape index (κ1) is 64.0. The van der Waals surface area contributed by atoms with Crippen molar-refractivity contribution < 1.29 is 109 Å². The average molecular weight is 1260 g/mol.